The predicted molar refractivity (Wildman–Crippen MR) is 22.4 cm³/mol. The zero-order chi connectivity index (χ0) is 3.28. The first-order valence-electron chi connectivity index (χ1n) is 1.58. The van der Waals surface area contributed by atoms with Crippen LogP contribution < -0.4 is 0 Å². The minimum Gasteiger partial charge on any atom is -0.329 e. The van der Waals surface area contributed by atoms with Gasteiger partial charge in [-0.2, -0.15) is 0 Å². The number of rotatable bonds is 0. The zero-order valence-corrected chi connectivity index (χ0v) is 3.46. The average Bonchev–Trinajstić information content (AvgIpc) is 1.74. The van der Waals surface area contributed by atoms with Crippen LogP contribution in [0.3, 0.4) is 0 Å². The average molecular weight is 85.1 g/mol. The minimum atomic E-state index is 1.22. The Morgan fingerprint density at radius 2 is 2.80 bits per heavy atom. The Balaban J connectivity index is 2.36. The molecule has 2 aliphatic rings. The van der Waals surface area contributed by atoms with Crippen LogP contribution in [0.25, 0.3) is 0 Å². The summed E-state index contributed by atoms with van der Waals surface area (Å²) in [4.78, 5) is 2.23. The van der Waals surface area contributed by atoms with Gasteiger partial charge in [-0.1, -0.05) is 11.8 Å². The second-order valence-corrected chi connectivity index (χ2v) is 2.18. The lowest BCUT2D eigenvalue weighted by Crippen LogP contribution is -2.04. The molecule has 0 N–H and O–H groups in total. The molecule has 1 nitrogen and oxygen atoms in total. The molecule has 0 aromatic carbocycles. The van der Waals surface area contributed by atoms with E-state index in [2.05, 4.69) is 11.1 Å². The van der Waals surface area contributed by atoms with Gasteiger partial charge in [-0.3, -0.25) is 0 Å². The number of thioether (sulfide) groups is 1. The molecule has 0 aromatic rings. The fourth-order valence-corrected chi connectivity index (χ4v) is 1.10. The first-order chi connectivity index (χ1) is 2.47. The lowest BCUT2D eigenvalue weighted by molar-refractivity contribution is 0.691. The molecule has 1 saturated heterocycles. The fourth-order valence-electron chi connectivity index (χ4n) is 0.393. The van der Waals surface area contributed by atoms with Crippen LogP contribution >= 0.6 is 11.8 Å². The Kier molecular flexibility index (Phi) is 0.175. The van der Waals surface area contributed by atoms with E-state index < -0.39 is 0 Å². The van der Waals surface area contributed by atoms with Crippen molar-refractivity contribution in [1.82, 2.24) is 4.90 Å². The van der Waals surface area contributed by atoms with E-state index in [1.165, 1.54) is 10.9 Å². The summed E-state index contributed by atoms with van der Waals surface area (Å²) in [6.07, 6.45) is 2.16. The van der Waals surface area contributed by atoms with Crippen LogP contribution in [0.15, 0.2) is 11.2 Å². The SMILES string of the molecule is C1=C2SCN12. The topological polar surface area (TPSA) is 3.01 Å². The quantitative estimate of drug-likeness (QED) is 0.428. The summed E-state index contributed by atoms with van der Waals surface area (Å²) in [5.41, 5.74) is 0. The molecule has 0 spiro atoms. The highest BCUT2D eigenvalue weighted by atomic mass is 32.2. The predicted octanol–water partition coefficient (Wildman–Crippen LogP) is 0.805. The van der Waals surface area contributed by atoms with E-state index in [4.69, 9.17) is 0 Å². The molecule has 2 heteroatoms. The second kappa shape index (κ2) is 0.411. The summed E-state index contributed by atoms with van der Waals surface area (Å²) in [5, 5.41) is 1.48. The molecule has 0 radical (unpaired) electrons. The molecule has 0 aliphatic carbocycles. The Hall–Kier alpha value is -0.110. The second-order valence-electron chi connectivity index (χ2n) is 1.21. The molecule has 0 aromatic heterocycles. The van der Waals surface area contributed by atoms with Gasteiger partial charge in [0.1, 0.15) is 0 Å². The molecule has 1 fully saturated rings. The number of nitrogens with zero attached hydrogens (tertiary/aromatic N) is 1. The number of fused-ring (bicyclic) bond motifs is 1. The van der Waals surface area contributed by atoms with Crippen molar-refractivity contribution in [2.75, 3.05) is 5.88 Å². The van der Waals surface area contributed by atoms with Crippen LogP contribution in [-0.4, -0.2) is 10.8 Å². The fraction of sp³-hybridized carbons (Fsp3) is 0.333. The highest BCUT2D eigenvalue weighted by Crippen LogP contribution is 2.44. The van der Waals surface area contributed by atoms with E-state index in [9.17, 15) is 0 Å². The lowest BCUT2D eigenvalue weighted by atomic mass is 11.2. The van der Waals surface area contributed by atoms with E-state index in [0.29, 0.717) is 0 Å². The molecule has 5 heavy (non-hydrogen) atoms. The summed E-state index contributed by atoms with van der Waals surface area (Å²) in [6.45, 7) is 0. The van der Waals surface area contributed by atoms with Crippen LogP contribution in [0.4, 0.5) is 0 Å². The maximum Gasteiger partial charge on any atom is 0.0939 e. The molecule has 0 saturated carbocycles. The van der Waals surface area contributed by atoms with Gasteiger partial charge in [-0.25, -0.2) is 0 Å². The molecule has 2 heterocycles. The molecule has 0 amide bonds. The number of hydrogen-bond acceptors (Lipinski definition) is 2. The molecular formula is C3H3NS. The Bertz CT molecular complexity index is 97.1. The van der Waals surface area contributed by atoms with Crippen molar-refractivity contribution in [2.24, 2.45) is 0 Å². The third-order valence-electron chi connectivity index (χ3n) is 0.833. The van der Waals surface area contributed by atoms with E-state index in [1.54, 1.807) is 0 Å². The summed E-state index contributed by atoms with van der Waals surface area (Å²) in [6, 6.07) is 0. The first-order valence-corrected chi connectivity index (χ1v) is 2.57. The third kappa shape index (κ3) is 0.117. The molecule has 0 atom stereocenters. The third-order valence-corrected chi connectivity index (χ3v) is 1.88. The van der Waals surface area contributed by atoms with Gasteiger partial charge >= 0.3 is 0 Å². The van der Waals surface area contributed by atoms with Crippen LogP contribution in [0.1, 0.15) is 0 Å². The molecule has 2 aliphatic heterocycles. The summed E-state index contributed by atoms with van der Waals surface area (Å²) in [7, 11) is 0. The van der Waals surface area contributed by atoms with Gasteiger partial charge in [-0.15, -0.1) is 0 Å². The van der Waals surface area contributed by atoms with Gasteiger partial charge in [0, 0.05) is 6.20 Å². The lowest BCUT2D eigenvalue weighted by Gasteiger charge is -2.10. The van der Waals surface area contributed by atoms with Gasteiger partial charge in [-0.05, 0) is 0 Å². The first kappa shape index (κ1) is 2.13. The van der Waals surface area contributed by atoms with E-state index in [0.717, 1.165) is 0 Å². The van der Waals surface area contributed by atoms with Crippen LogP contribution in [0.5, 0.6) is 0 Å². The van der Waals surface area contributed by atoms with Gasteiger partial charge in [0.2, 0.25) is 0 Å². The Morgan fingerprint density at radius 1 is 2.00 bits per heavy atom. The smallest absolute Gasteiger partial charge is 0.0939 e. The highest BCUT2D eigenvalue weighted by molar-refractivity contribution is 8.04. The van der Waals surface area contributed by atoms with Gasteiger partial charge in [0.15, 0.2) is 0 Å². The summed E-state index contributed by atoms with van der Waals surface area (Å²) >= 11 is 1.92. The van der Waals surface area contributed by atoms with E-state index in [1.807, 2.05) is 11.8 Å². The van der Waals surface area contributed by atoms with Crippen molar-refractivity contribution in [2.45, 2.75) is 0 Å². The summed E-state index contributed by atoms with van der Waals surface area (Å²) < 4.78 is 0. The van der Waals surface area contributed by atoms with Gasteiger partial charge < -0.3 is 4.90 Å². The molecule has 2 rings (SSSR count). The van der Waals surface area contributed by atoms with Crippen LogP contribution in [0, 0.1) is 0 Å². The number of hydrogen-bond donors (Lipinski definition) is 0. The van der Waals surface area contributed by atoms with Crippen LogP contribution in [0.2, 0.25) is 0 Å². The van der Waals surface area contributed by atoms with Crippen molar-refractivity contribution < 1.29 is 0 Å². The van der Waals surface area contributed by atoms with E-state index in [-0.39, 0.29) is 0 Å². The molecular weight excluding hydrogens is 82.1 g/mol. The van der Waals surface area contributed by atoms with Crippen molar-refractivity contribution >= 4 is 11.8 Å². The molecule has 0 unspecified atom stereocenters. The van der Waals surface area contributed by atoms with Crippen molar-refractivity contribution in [1.29, 1.82) is 0 Å². The normalized spacial score (nSPS) is 27.2. The molecule has 0 bridgehead atoms. The maximum absolute atomic E-state index is 2.23. The Labute approximate surface area is 34.7 Å². The van der Waals surface area contributed by atoms with E-state index >= 15 is 0 Å². The zero-order valence-electron chi connectivity index (χ0n) is 2.64. The Morgan fingerprint density at radius 3 is 2.80 bits per heavy atom. The van der Waals surface area contributed by atoms with Crippen molar-refractivity contribution in [3.63, 3.8) is 0 Å². The van der Waals surface area contributed by atoms with Gasteiger partial charge in [0.05, 0.1) is 10.9 Å². The standard InChI is InChI=1S/C3H3NS/c1-3-4(1)2-5-3/h1H,2H2. The minimum absolute atomic E-state index is 1.22. The van der Waals surface area contributed by atoms with Crippen molar-refractivity contribution in [3.8, 4) is 0 Å². The molecule has 26 valence electrons. The van der Waals surface area contributed by atoms with Gasteiger partial charge in [0.25, 0.3) is 0 Å². The maximum atomic E-state index is 2.23. The van der Waals surface area contributed by atoms with Crippen LogP contribution in [-0.2, 0) is 0 Å². The van der Waals surface area contributed by atoms with Crippen molar-refractivity contribution in [3.05, 3.63) is 11.2 Å². The monoisotopic (exact) mass is 85.0 g/mol. The largest absolute Gasteiger partial charge is 0.329 e. The highest BCUT2D eigenvalue weighted by Gasteiger charge is 2.30. The summed E-state index contributed by atoms with van der Waals surface area (Å²) in [5.74, 6) is 1.22.